The first kappa shape index (κ1) is 37.3. The summed E-state index contributed by atoms with van der Waals surface area (Å²) < 4.78 is 25.8. The number of benzene rings is 1. The lowest BCUT2D eigenvalue weighted by Gasteiger charge is -2.30. The number of ether oxygens (including phenoxy) is 2. The van der Waals surface area contributed by atoms with E-state index in [1.807, 2.05) is 20.8 Å². The summed E-state index contributed by atoms with van der Waals surface area (Å²) >= 11 is 0. The van der Waals surface area contributed by atoms with Crippen molar-refractivity contribution in [1.82, 2.24) is 20.4 Å². The molecule has 3 heterocycles. The predicted octanol–water partition coefficient (Wildman–Crippen LogP) is 5.79. The minimum absolute atomic E-state index is 0.0464. The summed E-state index contributed by atoms with van der Waals surface area (Å²) in [6.45, 7) is 11.9. The number of amides is 4. The second kappa shape index (κ2) is 14.7. The fourth-order valence-corrected chi connectivity index (χ4v) is 7.19. The Labute approximate surface area is 294 Å². The quantitative estimate of drug-likeness (QED) is 0.381. The summed E-state index contributed by atoms with van der Waals surface area (Å²) in [5.41, 5.74) is -0.729. The first-order valence-corrected chi connectivity index (χ1v) is 18.0. The third kappa shape index (κ3) is 9.03. The fraction of sp³-hybridized carbons (Fsp3) is 0.658. The Morgan fingerprint density at radius 3 is 2.50 bits per heavy atom. The van der Waals surface area contributed by atoms with E-state index in [4.69, 9.17) is 9.47 Å². The maximum Gasteiger partial charge on any atom is 0.410 e. The van der Waals surface area contributed by atoms with Gasteiger partial charge in [0.05, 0.1) is 24.5 Å². The normalized spacial score (nSPS) is 28.0. The lowest BCUT2D eigenvalue weighted by molar-refractivity contribution is -0.141. The van der Waals surface area contributed by atoms with E-state index >= 15 is 0 Å². The summed E-state index contributed by atoms with van der Waals surface area (Å²) in [4.78, 5) is 71.4. The van der Waals surface area contributed by atoms with E-state index < -0.39 is 53.1 Å². The average Bonchev–Trinajstić information content (AvgIpc) is 3.32. The molecule has 12 heteroatoms. The minimum Gasteiger partial charge on any atom is -0.444 e. The minimum atomic E-state index is -0.973. The number of hydrogen-bond donors (Lipinski definition) is 2. The summed E-state index contributed by atoms with van der Waals surface area (Å²) in [5, 5.41) is 5.81. The highest BCUT2D eigenvalue weighted by molar-refractivity contribution is 5.97. The molecule has 1 aromatic rings. The van der Waals surface area contributed by atoms with E-state index in [0.717, 1.165) is 19.3 Å². The van der Waals surface area contributed by atoms with Gasteiger partial charge in [0.2, 0.25) is 11.8 Å². The van der Waals surface area contributed by atoms with Crippen LogP contribution >= 0.6 is 0 Å². The SMILES string of the molecule is CC(C)(C)CNC(=O)[C@]12CC(=O)[C@@H]3C[C@@H](OC(=O)N4Cc5cccc(F)c5C4)CN3C(=O)[C@@H](NC(=O)OC(C)(C)C)CCCCC/C=C\[C@@H]1C2. The van der Waals surface area contributed by atoms with E-state index in [0.29, 0.717) is 36.9 Å². The zero-order valence-corrected chi connectivity index (χ0v) is 30.3. The van der Waals surface area contributed by atoms with Gasteiger partial charge < -0.3 is 25.0 Å². The van der Waals surface area contributed by atoms with Gasteiger partial charge >= 0.3 is 12.2 Å². The molecular formula is C38H53FN4O7. The van der Waals surface area contributed by atoms with E-state index in [1.54, 1.807) is 32.9 Å². The molecule has 4 aliphatic rings. The maximum absolute atomic E-state index is 14.4. The highest BCUT2D eigenvalue weighted by Crippen LogP contribution is 2.57. The Morgan fingerprint density at radius 1 is 1.04 bits per heavy atom. The highest BCUT2D eigenvalue weighted by atomic mass is 19.1. The van der Waals surface area contributed by atoms with Gasteiger partial charge in [0, 0.05) is 31.5 Å². The Balaban J connectivity index is 1.39. The molecule has 0 bridgehead atoms. The van der Waals surface area contributed by atoms with Gasteiger partial charge in [0.1, 0.15) is 23.6 Å². The number of nitrogens with one attached hydrogen (secondary N) is 2. The van der Waals surface area contributed by atoms with Crippen molar-refractivity contribution in [3.8, 4) is 0 Å². The Morgan fingerprint density at radius 2 is 1.80 bits per heavy atom. The van der Waals surface area contributed by atoms with Gasteiger partial charge in [-0.3, -0.25) is 19.3 Å². The van der Waals surface area contributed by atoms with Gasteiger partial charge in [-0.05, 0) is 69.4 Å². The molecule has 2 fully saturated rings. The number of alkyl carbamates (subject to hydrolysis) is 1. The number of rotatable bonds is 4. The number of carbonyl (C=O) groups is 5. The van der Waals surface area contributed by atoms with E-state index in [9.17, 15) is 28.4 Å². The van der Waals surface area contributed by atoms with Crippen LogP contribution in [0.2, 0.25) is 0 Å². The highest BCUT2D eigenvalue weighted by Gasteiger charge is 2.60. The molecule has 274 valence electrons. The molecule has 5 atom stereocenters. The number of allylic oxidation sites excluding steroid dienone is 2. The van der Waals surface area contributed by atoms with E-state index in [-0.39, 0.29) is 55.5 Å². The number of hydrogen-bond acceptors (Lipinski definition) is 7. The number of halogens is 1. The van der Waals surface area contributed by atoms with E-state index in [1.165, 1.54) is 15.9 Å². The summed E-state index contributed by atoms with van der Waals surface area (Å²) in [6, 6.07) is 2.77. The fourth-order valence-electron chi connectivity index (χ4n) is 7.19. The van der Waals surface area contributed by atoms with Crippen molar-refractivity contribution < 1.29 is 37.8 Å². The van der Waals surface area contributed by atoms with Gasteiger partial charge in [-0.2, -0.15) is 0 Å². The molecule has 4 amide bonds. The second-order valence-corrected chi connectivity index (χ2v) is 16.6. The molecule has 1 saturated heterocycles. The molecule has 0 spiro atoms. The maximum atomic E-state index is 14.4. The number of fused-ring (bicyclic) bond motifs is 3. The Kier molecular flexibility index (Phi) is 11.0. The largest absolute Gasteiger partial charge is 0.444 e. The lowest BCUT2D eigenvalue weighted by atomic mass is 9.90. The van der Waals surface area contributed by atoms with Gasteiger partial charge in [-0.1, -0.05) is 57.9 Å². The number of Topliss-reactive ketones (excluding diaryl/α,β-unsaturated/α-hetero) is 1. The van der Waals surface area contributed by atoms with Gasteiger partial charge in [-0.25, -0.2) is 14.0 Å². The summed E-state index contributed by atoms with van der Waals surface area (Å²) in [7, 11) is 0. The number of ketones is 1. The van der Waals surface area contributed by atoms with Crippen LogP contribution in [0.4, 0.5) is 14.0 Å². The molecule has 11 nitrogen and oxygen atoms in total. The topological polar surface area (TPSA) is 134 Å². The van der Waals surface area contributed by atoms with Crippen molar-refractivity contribution >= 4 is 29.8 Å². The molecule has 0 unspecified atom stereocenters. The number of carbonyl (C=O) groups excluding carboxylic acids is 5. The molecule has 50 heavy (non-hydrogen) atoms. The summed E-state index contributed by atoms with van der Waals surface area (Å²) in [6.07, 6.45) is 5.88. The van der Waals surface area contributed by atoms with Crippen molar-refractivity contribution in [2.45, 2.75) is 130 Å². The third-order valence-corrected chi connectivity index (χ3v) is 9.95. The molecule has 1 aromatic carbocycles. The van der Waals surface area contributed by atoms with Crippen molar-refractivity contribution in [1.29, 1.82) is 0 Å². The monoisotopic (exact) mass is 696 g/mol. The van der Waals surface area contributed by atoms with Gasteiger partial charge in [0.15, 0.2) is 5.78 Å². The Bertz CT molecular complexity index is 1510. The summed E-state index contributed by atoms with van der Waals surface area (Å²) in [5.74, 6) is -1.42. The molecule has 0 aromatic heterocycles. The van der Waals surface area contributed by atoms with Crippen LogP contribution in [-0.4, -0.2) is 76.5 Å². The molecule has 5 rings (SSSR count). The van der Waals surface area contributed by atoms with Crippen molar-refractivity contribution in [3.63, 3.8) is 0 Å². The van der Waals surface area contributed by atoms with Crippen molar-refractivity contribution in [2.75, 3.05) is 13.1 Å². The molecule has 1 saturated carbocycles. The smallest absolute Gasteiger partial charge is 0.410 e. The molecule has 1 aliphatic carbocycles. The van der Waals surface area contributed by atoms with Crippen LogP contribution in [0.1, 0.15) is 104 Å². The Hall–Kier alpha value is -3.96. The molecule has 2 N–H and O–H groups in total. The molecular weight excluding hydrogens is 643 g/mol. The first-order chi connectivity index (χ1) is 23.5. The molecule has 0 radical (unpaired) electrons. The van der Waals surface area contributed by atoms with Gasteiger partial charge in [-0.15, -0.1) is 0 Å². The standard InChI is InChI=1S/C38H53FN4O7/c1-36(2,3)23-40-33(46)38-18-25(38)14-10-8-7-9-11-16-29(41-34(47)50-37(4,5)6)32(45)43-21-26(17-30(43)31(44)19-38)49-35(48)42-20-24-13-12-15-28(39)27(24)22-42/h10,12-15,25-26,29-30H,7-9,11,16-23H2,1-6H3,(H,40,46)(H,41,47)/b14-10-/t25-,26-,29+,30+,38-/m1/s1. The van der Waals surface area contributed by atoms with Crippen LogP contribution in [-0.2, 0) is 36.9 Å². The van der Waals surface area contributed by atoms with Crippen LogP contribution in [0.3, 0.4) is 0 Å². The van der Waals surface area contributed by atoms with Crippen molar-refractivity contribution in [3.05, 3.63) is 47.3 Å². The zero-order valence-electron chi connectivity index (χ0n) is 30.3. The van der Waals surface area contributed by atoms with Crippen molar-refractivity contribution in [2.24, 2.45) is 16.7 Å². The molecule has 3 aliphatic heterocycles. The third-order valence-electron chi connectivity index (χ3n) is 9.95. The van der Waals surface area contributed by atoms with Crippen LogP contribution in [0.15, 0.2) is 30.4 Å². The zero-order chi connectivity index (χ0) is 36.4. The lowest BCUT2D eigenvalue weighted by Crippen LogP contribution is -2.53. The van der Waals surface area contributed by atoms with Gasteiger partial charge in [0.25, 0.3) is 0 Å². The first-order valence-electron chi connectivity index (χ1n) is 18.0. The second-order valence-electron chi connectivity index (χ2n) is 16.6. The van der Waals surface area contributed by atoms with E-state index in [2.05, 4.69) is 22.8 Å². The average molecular weight is 697 g/mol. The number of nitrogens with zero attached hydrogens (tertiary/aromatic N) is 2. The van der Waals surface area contributed by atoms with Crippen LogP contribution in [0.5, 0.6) is 0 Å². The van der Waals surface area contributed by atoms with Crippen LogP contribution in [0, 0.1) is 22.6 Å². The van der Waals surface area contributed by atoms with Crippen LogP contribution < -0.4 is 10.6 Å². The van der Waals surface area contributed by atoms with Crippen LogP contribution in [0.25, 0.3) is 0 Å². The predicted molar refractivity (Wildman–Crippen MR) is 184 cm³/mol.